The molecule has 1 rings (SSSR count). The predicted octanol–water partition coefficient (Wildman–Crippen LogP) is 8.21. The summed E-state index contributed by atoms with van der Waals surface area (Å²) in [6.45, 7) is 25.1. The van der Waals surface area contributed by atoms with Gasteiger partial charge in [0.15, 0.2) is 0 Å². The summed E-state index contributed by atoms with van der Waals surface area (Å²) < 4.78 is 0. The van der Waals surface area contributed by atoms with Gasteiger partial charge in [-0.25, -0.2) is 0 Å². The van der Waals surface area contributed by atoms with E-state index in [1.54, 1.807) is 0 Å². The second-order valence-corrected chi connectivity index (χ2v) is 9.86. The minimum Gasteiger partial charge on any atom is -0.0651 e. The van der Waals surface area contributed by atoms with E-state index in [0.29, 0.717) is 5.41 Å². The highest BCUT2D eigenvalue weighted by Gasteiger charge is 2.21. The molecule has 0 bridgehead atoms. The minimum absolute atomic E-state index is 0.522. The van der Waals surface area contributed by atoms with E-state index in [2.05, 4.69) is 76.2 Å². The van der Waals surface area contributed by atoms with Gasteiger partial charge in [0, 0.05) is 0 Å². The molecule has 0 heterocycles. The summed E-state index contributed by atoms with van der Waals surface area (Å²) >= 11 is 0. The second-order valence-electron chi connectivity index (χ2n) is 9.86. The highest BCUT2D eigenvalue weighted by Crippen LogP contribution is 2.34. The van der Waals surface area contributed by atoms with Crippen molar-refractivity contribution in [2.24, 2.45) is 35.0 Å². The molecule has 0 aromatic carbocycles. The lowest BCUT2D eigenvalue weighted by Gasteiger charge is -2.19. The zero-order chi connectivity index (χ0) is 17.9. The Morgan fingerprint density at radius 3 is 1.32 bits per heavy atom. The maximum Gasteiger partial charge on any atom is -0.0380 e. The molecule has 1 saturated carbocycles. The number of hydrogen-bond donors (Lipinski definition) is 0. The fraction of sp³-hybridized carbons (Fsp3) is 1.00. The molecular formula is C22H48. The van der Waals surface area contributed by atoms with Crippen LogP contribution in [-0.4, -0.2) is 0 Å². The summed E-state index contributed by atoms with van der Waals surface area (Å²) in [5.74, 6) is 4.67. The summed E-state index contributed by atoms with van der Waals surface area (Å²) in [4.78, 5) is 0. The summed E-state index contributed by atoms with van der Waals surface area (Å²) in [6, 6.07) is 0. The Hall–Kier alpha value is 0. The van der Waals surface area contributed by atoms with Gasteiger partial charge in [0.2, 0.25) is 0 Å². The second kappa shape index (κ2) is 12.4. The summed E-state index contributed by atoms with van der Waals surface area (Å²) in [5.41, 5.74) is 0.522. The van der Waals surface area contributed by atoms with E-state index in [1.807, 2.05) is 0 Å². The molecule has 0 spiro atoms. The molecule has 0 heteroatoms. The quantitative estimate of drug-likeness (QED) is 0.479. The van der Waals surface area contributed by atoms with E-state index >= 15 is 0 Å². The van der Waals surface area contributed by atoms with E-state index < -0.39 is 0 Å². The van der Waals surface area contributed by atoms with Crippen molar-refractivity contribution in [1.29, 1.82) is 0 Å². The average Bonchev–Trinajstić information content (AvgIpc) is 3.09. The third-order valence-electron chi connectivity index (χ3n) is 4.30. The highest BCUT2D eigenvalue weighted by atomic mass is 14.3. The van der Waals surface area contributed by atoms with E-state index in [9.17, 15) is 0 Å². The minimum atomic E-state index is 0.522. The lowest BCUT2D eigenvalue weighted by atomic mass is 9.86. The SMILES string of the molecule is CC(C)CC(C)(C)C.CC(C)CC1CC1.CCC(C)C(C)C. The Kier molecular flexibility index (Phi) is 13.7. The molecule has 1 unspecified atom stereocenters. The fourth-order valence-electron chi connectivity index (χ4n) is 2.72. The van der Waals surface area contributed by atoms with E-state index in [0.717, 1.165) is 29.6 Å². The highest BCUT2D eigenvalue weighted by molar-refractivity contribution is 4.73. The van der Waals surface area contributed by atoms with Gasteiger partial charge in [0.05, 0.1) is 0 Å². The topological polar surface area (TPSA) is 0 Å². The van der Waals surface area contributed by atoms with Gasteiger partial charge in [-0.15, -0.1) is 0 Å². The fourth-order valence-corrected chi connectivity index (χ4v) is 2.72. The lowest BCUT2D eigenvalue weighted by Crippen LogP contribution is -2.08. The molecule has 1 aliphatic carbocycles. The molecule has 136 valence electrons. The van der Waals surface area contributed by atoms with Gasteiger partial charge in [-0.05, 0) is 47.8 Å². The first-order valence-electron chi connectivity index (χ1n) is 9.88. The van der Waals surface area contributed by atoms with Crippen molar-refractivity contribution >= 4 is 0 Å². The van der Waals surface area contributed by atoms with Gasteiger partial charge in [-0.3, -0.25) is 0 Å². The van der Waals surface area contributed by atoms with Crippen molar-refractivity contribution in [3.63, 3.8) is 0 Å². The first-order chi connectivity index (χ1) is 9.88. The van der Waals surface area contributed by atoms with Gasteiger partial charge in [0.25, 0.3) is 0 Å². The molecule has 0 amide bonds. The van der Waals surface area contributed by atoms with Crippen LogP contribution in [0.3, 0.4) is 0 Å². The van der Waals surface area contributed by atoms with Crippen LogP contribution in [0, 0.1) is 35.0 Å². The molecule has 0 aliphatic heterocycles. The standard InChI is InChI=1S/C8H18.C7H14.C7H16/c1-7(2)6-8(3,4)5;1-6(2)5-7-3-4-7;1-5-7(4)6(2)3/h7H,6H2,1-5H3;6-7H,3-5H2,1-2H3;6-7H,5H2,1-4H3. The molecule has 1 atom stereocenters. The van der Waals surface area contributed by atoms with Crippen molar-refractivity contribution in [3.05, 3.63) is 0 Å². The van der Waals surface area contributed by atoms with Crippen LogP contribution in [0.4, 0.5) is 0 Å². The number of rotatable bonds is 5. The average molecular weight is 313 g/mol. The monoisotopic (exact) mass is 312 g/mol. The van der Waals surface area contributed by atoms with Gasteiger partial charge < -0.3 is 0 Å². The zero-order valence-electron chi connectivity index (χ0n) is 17.9. The Morgan fingerprint density at radius 2 is 1.27 bits per heavy atom. The molecule has 0 aromatic rings. The predicted molar refractivity (Wildman–Crippen MR) is 105 cm³/mol. The zero-order valence-corrected chi connectivity index (χ0v) is 17.9. The Balaban J connectivity index is 0. The van der Waals surface area contributed by atoms with Crippen molar-refractivity contribution in [3.8, 4) is 0 Å². The molecule has 0 aromatic heterocycles. The van der Waals surface area contributed by atoms with Crippen LogP contribution in [0.25, 0.3) is 0 Å². The molecule has 1 aliphatic rings. The molecule has 0 saturated heterocycles. The normalized spacial score (nSPS) is 16.1. The summed E-state index contributed by atoms with van der Waals surface area (Å²) in [5, 5.41) is 0. The van der Waals surface area contributed by atoms with Crippen LogP contribution in [0.5, 0.6) is 0 Å². The van der Waals surface area contributed by atoms with Gasteiger partial charge in [-0.1, -0.05) is 95.4 Å². The van der Waals surface area contributed by atoms with E-state index in [1.165, 1.54) is 32.1 Å². The van der Waals surface area contributed by atoms with Crippen LogP contribution in [0.1, 0.15) is 108 Å². The Bertz CT molecular complexity index is 225. The third kappa shape index (κ3) is 22.3. The Morgan fingerprint density at radius 1 is 0.818 bits per heavy atom. The van der Waals surface area contributed by atoms with E-state index in [-0.39, 0.29) is 0 Å². The van der Waals surface area contributed by atoms with Crippen molar-refractivity contribution in [2.75, 3.05) is 0 Å². The molecule has 22 heavy (non-hydrogen) atoms. The number of hydrogen-bond acceptors (Lipinski definition) is 0. The van der Waals surface area contributed by atoms with Crippen LogP contribution < -0.4 is 0 Å². The largest absolute Gasteiger partial charge is 0.0651 e. The summed E-state index contributed by atoms with van der Waals surface area (Å²) in [7, 11) is 0. The van der Waals surface area contributed by atoms with E-state index in [4.69, 9.17) is 0 Å². The third-order valence-corrected chi connectivity index (χ3v) is 4.30. The molecule has 0 radical (unpaired) electrons. The first kappa shape index (κ1) is 24.3. The smallest absolute Gasteiger partial charge is 0.0380 e. The van der Waals surface area contributed by atoms with Gasteiger partial charge in [0.1, 0.15) is 0 Å². The van der Waals surface area contributed by atoms with Crippen molar-refractivity contribution in [1.82, 2.24) is 0 Å². The molecule has 0 nitrogen and oxygen atoms in total. The van der Waals surface area contributed by atoms with Crippen LogP contribution >= 0.6 is 0 Å². The lowest BCUT2D eigenvalue weighted by molar-refractivity contribution is 0.320. The molecular weight excluding hydrogens is 264 g/mol. The van der Waals surface area contributed by atoms with Crippen LogP contribution in [-0.2, 0) is 0 Å². The van der Waals surface area contributed by atoms with Crippen molar-refractivity contribution in [2.45, 2.75) is 108 Å². The maximum atomic E-state index is 2.30. The van der Waals surface area contributed by atoms with Crippen LogP contribution in [0.15, 0.2) is 0 Å². The molecule has 1 fully saturated rings. The van der Waals surface area contributed by atoms with Crippen molar-refractivity contribution < 1.29 is 0 Å². The maximum absolute atomic E-state index is 2.30. The van der Waals surface area contributed by atoms with Gasteiger partial charge in [-0.2, -0.15) is 0 Å². The van der Waals surface area contributed by atoms with Gasteiger partial charge >= 0.3 is 0 Å². The summed E-state index contributed by atoms with van der Waals surface area (Å²) in [6.07, 6.45) is 7.14. The van der Waals surface area contributed by atoms with Crippen LogP contribution in [0.2, 0.25) is 0 Å². The molecule has 0 N–H and O–H groups in total. The Labute approximate surface area is 143 Å². The first-order valence-corrected chi connectivity index (χ1v) is 9.88.